The van der Waals surface area contributed by atoms with Crippen LogP contribution in [0.15, 0.2) is 18.2 Å². The van der Waals surface area contributed by atoms with E-state index in [0.29, 0.717) is 17.7 Å². The Bertz CT molecular complexity index is 396. The highest BCUT2D eigenvalue weighted by Crippen LogP contribution is 2.35. The lowest BCUT2D eigenvalue weighted by atomic mass is 10.0. The summed E-state index contributed by atoms with van der Waals surface area (Å²) in [6, 6.07) is 6.67. The van der Waals surface area contributed by atoms with E-state index in [4.69, 9.17) is 10.00 Å². The fourth-order valence-corrected chi connectivity index (χ4v) is 1.48. The topological polar surface area (TPSA) is 33.0 Å². The Hall–Kier alpha value is -1.56. The lowest BCUT2D eigenvalue weighted by molar-refractivity contribution is 0.179. The second-order valence-electron chi connectivity index (χ2n) is 3.34. The molecule has 0 aromatic heterocycles. The fraction of sp³-hybridized carbons (Fsp3) is 0.300. The second-order valence-corrected chi connectivity index (χ2v) is 3.34. The zero-order chi connectivity index (χ0) is 9.47. The molecule has 66 valence electrons. The van der Waals surface area contributed by atoms with Gasteiger partial charge in [0.25, 0.3) is 0 Å². The quantitative estimate of drug-likeness (QED) is 0.607. The molecule has 0 amide bonds. The van der Waals surface area contributed by atoms with Crippen molar-refractivity contribution in [1.29, 1.82) is 5.26 Å². The molecular weight excluding hydrogens is 169 g/mol. The molecule has 13 heavy (non-hydrogen) atoms. The zero-order valence-corrected chi connectivity index (χ0v) is 7.17. The van der Waals surface area contributed by atoms with E-state index in [-0.39, 0.29) is 5.82 Å². The van der Waals surface area contributed by atoms with Gasteiger partial charge in [0, 0.05) is 12.0 Å². The van der Waals surface area contributed by atoms with Crippen molar-refractivity contribution in [2.75, 3.05) is 0 Å². The standard InChI is InChI=1S/C10H8FNO/c1-10(6-12)5-7-8(11)3-2-4-9(7)13-10/h2-4H,5H2,1H3. The van der Waals surface area contributed by atoms with Crippen molar-refractivity contribution in [2.45, 2.75) is 18.9 Å². The first kappa shape index (κ1) is 8.06. The van der Waals surface area contributed by atoms with Gasteiger partial charge >= 0.3 is 0 Å². The monoisotopic (exact) mass is 177 g/mol. The Morgan fingerprint density at radius 3 is 3.00 bits per heavy atom. The van der Waals surface area contributed by atoms with E-state index in [2.05, 4.69) is 0 Å². The Morgan fingerprint density at radius 1 is 1.62 bits per heavy atom. The van der Waals surface area contributed by atoms with Crippen LogP contribution >= 0.6 is 0 Å². The van der Waals surface area contributed by atoms with E-state index in [9.17, 15) is 4.39 Å². The van der Waals surface area contributed by atoms with Gasteiger partial charge in [-0.3, -0.25) is 0 Å². The van der Waals surface area contributed by atoms with Crippen LogP contribution in [-0.4, -0.2) is 5.60 Å². The summed E-state index contributed by atoms with van der Waals surface area (Å²) in [5.41, 5.74) is -0.392. The number of hydrogen-bond donors (Lipinski definition) is 0. The van der Waals surface area contributed by atoms with Crippen molar-refractivity contribution in [1.82, 2.24) is 0 Å². The van der Waals surface area contributed by atoms with Gasteiger partial charge in [-0.15, -0.1) is 0 Å². The Balaban J connectivity index is 2.48. The highest BCUT2D eigenvalue weighted by Gasteiger charge is 2.36. The molecule has 0 N–H and O–H groups in total. The average Bonchev–Trinajstić information content (AvgIpc) is 2.45. The van der Waals surface area contributed by atoms with Crippen molar-refractivity contribution in [3.8, 4) is 11.8 Å². The minimum atomic E-state index is -0.898. The van der Waals surface area contributed by atoms with Gasteiger partial charge in [0.05, 0.1) is 0 Å². The summed E-state index contributed by atoms with van der Waals surface area (Å²) in [6.07, 6.45) is 0.325. The second kappa shape index (κ2) is 2.46. The number of nitrogens with zero attached hydrogens (tertiary/aromatic N) is 1. The van der Waals surface area contributed by atoms with Gasteiger partial charge in [0.15, 0.2) is 5.60 Å². The summed E-state index contributed by atoms with van der Waals surface area (Å²) in [5, 5.41) is 8.79. The molecule has 1 aliphatic rings. The predicted octanol–water partition coefficient (Wildman–Crippen LogP) is 2.04. The number of ether oxygens (including phenoxy) is 1. The molecule has 0 fully saturated rings. The summed E-state index contributed by atoms with van der Waals surface area (Å²) in [4.78, 5) is 0. The molecule has 1 unspecified atom stereocenters. The third-order valence-electron chi connectivity index (χ3n) is 2.16. The summed E-state index contributed by atoms with van der Waals surface area (Å²) in [7, 11) is 0. The zero-order valence-electron chi connectivity index (χ0n) is 7.17. The first-order valence-electron chi connectivity index (χ1n) is 4.02. The number of rotatable bonds is 0. The van der Waals surface area contributed by atoms with Gasteiger partial charge in [-0.05, 0) is 19.1 Å². The van der Waals surface area contributed by atoms with Crippen LogP contribution < -0.4 is 4.74 Å². The van der Waals surface area contributed by atoms with Gasteiger partial charge < -0.3 is 4.74 Å². The molecular formula is C10H8FNO. The van der Waals surface area contributed by atoms with Crippen LogP contribution in [0, 0.1) is 17.1 Å². The van der Waals surface area contributed by atoms with Crippen LogP contribution in [0.4, 0.5) is 4.39 Å². The minimum absolute atomic E-state index is 0.295. The van der Waals surface area contributed by atoms with Crippen molar-refractivity contribution < 1.29 is 9.13 Å². The van der Waals surface area contributed by atoms with Gasteiger partial charge in [0.1, 0.15) is 17.6 Å². The lowest BCUT2D eigenvalue weighted by Crippen LogP contribution is -2.27. The SMILES string of the molecule is CC1(C#N)Cc2c(F)cccc2O1. The third-order valence-corrected chi connectivity index (χ3v) is 2.16. The molecule has 1 aromatic rings. The van der Waals surface area contributed by atoms with E-state index < -0.39 is 5.60 Å². The molecule has 1 atom stereocenters. The van der Waals surface area contributed by atoms with Crippen LogP contribution in [0.25, 0.3) is 0 Å². The average molecular weight is 177 g/mol. The van der Waals surface area contributed by atoms with Crippen molar-refractivity contribution in [2.24, 2.45) is 0 Å². The van der Waals surface area contributed by atoms with E-state index in [1.54, 1.807) is 19.1 Å². The van der Waals surface area contributed by atoms with Crippen LogP contribution in [-0.2, 0) is 6.42 Å². The molecule has 3 heteroatoms. The number of hydrogen-bond acceptors (Lipinski definition) is 2. The molecule has 0 radical (unpaired) electrons. The molecule has 2 rings (SSSR count). The molecule has 0 saturated heterocycles. The predicted molar refractivity (Wildman–Crippen MR) is 44.8 cm³/mol. The molecule has 0 bridgehead atoms. The molecule has 1 aromatic carbocycles. The normalized spacial score (nSPS) is 24.7. The molecule has 0 aliphatic carbocycles. The number of benzene rings is 1. The Morgan fingerprint density at radius 2 is 2.38 bits per heavy atom. The molecule has 0 saturated carbocycles. The van der Waals surface area contributed by atoms with Crippen molar-refractivity contribution in [3.63, 3.8) is 0 Å². The van der Waals surface area contributed by atoms with Crippen LogP contribution in [0.1, 0.15) is 12.5 Å². The van der Waals surface area contributed by atoms with Crippen molar-refractivity contribution in [3.05, 3.63) is 29.6 Å². The third kappa shape index (κ3) is 1.15. The molecule has 2 nitrogen and oxygen atoms in total. The van der Waals surface area contributed by atoms with Gasteiger partial charge in [0.2, 0.25) is 0 Å². The maximum absolute atomic E-state index is 13.2. The molecule has 1 aliphatic heterocycles. The summed E-state index contributed by atoms with van der Waals surface area (Å²) in [6.45, 7) is 1.66. The Labute approximate surface area is 75.6 Å². The first-order valence-corrected chi connectivity index (χ1v) is 4.02. The highest BCUT2D eigenvalue weighted by atomic mass is 19.1. The maximum Gasteiger partial charge on any atom is 0.195 e. The van der Waals surface area contributed by atoms with Gasteiger partial charge in [-0.2, -0.15) is 5.26 Å². The first-order chi connectivity index (χ1) is 6.14. The van der Waals surface area contributed by atoms with Crippen LogP contribution in [0.2, 0.25) is 0 Å². The van der Waals surface area contributed by atoms with E-state index in [1.807, 2.05) is 6.07 Å². The number of nitriles is 1. The molecule has 0 spiro atoms. The largest absolute Gasteiger partial charge is 0.472 e. The lowest BCUT2D eigenvalue weighted by Gasteiger charge is -2.12. The van der Waals surface area contributed by atoms with Gasteiger partial charge in [-0.1, -0.05) is 6.07 Å². The maximum atomic E-state index is 13.2. The van der Waals surface area contributed by atoms with Crippen LogP contribution in [0.5, 0.6) is 5.75 Å². The summed E-state index contributed by atoms with van der Waals surface area (Å²) < 4.78 is 18.5. The summed E-state index contributed by atoms with van der Waals surface area (Å²) >= 11 is 0. The fourth-order valence-electron chi connectivity index (χ4n) is 1.48. The minimum Gasteiger partial charge on any atom is -0.472 e. The number of halogens is 1. The highest BCUT2D eigenvalue weighted by molar-refractivity contribution is 5.41. The van der Waals surface area contributed by atoms with E-state index >= 15 is 0 Å². The molecule has 1 heterocycles. The van der Waals surface area contributed by atoms with Crippen LogP contribution in [0.3, 0.4) is 0 Å². The summed E-state index contributed by atoms with van der Waals surface area (Å²) in [5.74, 6) is 0.195. The van der Waals surface area contributed by atoms with E-state index in [0.717, 1.165) is 0 Å². The Kier molecular flexibility index (Phi) is 1.53. The van der Waals surface area contributed by atoms with Gasteiger partial charge in [-0.25, -0.2) is 4.39 Å². The van der Waals surface area contributed by atoms with Crippen molar-refractivity contribution >= 4 is 0 Å². The van der Waals surface area contributed by atoms with E-state index in [1.165, 1.54) is 6.07 Å². The smallest absolute Gasteiger partial charge is 0.195 e. The number of fused-ring (bicyclic) bond motifs is 1.